The van der Waals surface area contributed by atoms with E-state index in [4.69, 9.17) is 28.8 Å². The predicted molar refractivity (Wildman–Crippen MR) is 110 cm³/mol. The van der Waals surface area contributed by atoms with E-state index in [0.717, 1.165) is 25.9 Å². The average molecular weight is 435 g/mol. The molecule has 1 aliphatic heterocycles. The molecule has 1 fully saturated rings. The van der Waals surface area contributed by atoms with Gasteiger partial charge in [-0.2, -0.15) is 0 Å². The number of ether oxygens (including phenoxy) is 5. The van der Waals surface area contributed by atoms with Gasteiger partial charge in [0.25, 0.3) is 0 Å². The molecular formula is C20H38N2O8. The summed E-state index contributed by atoms with van der Waals surface area (Å²) >= 11 is 0. The maximum atomic E-state index is 11.3. The van der Waals surface area contributed by atoms with Crippen molar-refractivity contribution in [1.82, 2.24) is 10.6 Å². The molecule has 30 heavy (non-hydrogen) atoms. The molecule has 0 bridgehead atoms. The van der Waals surface area contributed by atoms with E-state index in [-0.39, 0.29) is 18.7 Å². The summed E-state index contributed by atoms with van der Waals surface area (Å²) in [7, 11) is 0. The molecule has 0 radical (unpaired) electrons. The van der Waals surface area contributed by atoms with Crippen molar-refractivity contribution in [3.05, 3.63) is 0 Å². The minimum absolute atomic E-state index is 0.00512. The first-order valence-corrected chi connectivity index (χ1v) is 10.8. The molecule has 0 aromatic heterocycles. The van der Waals surface area contributed by atoms with Crippen LogP contribution in [0.2, 0.25) is 0 Å². The summed E-state index contributed by atoms with van der Waals surface area (Å²) in [5.74, 6) is -1.22. The van der Waals surface area contributed by atoms with Gasteiger partial charge in [0.2, 0.25) is 5.91 Å². The Morgan fingerprint density at radius 3 is 1.90 bits per heavy atom. The van der Waals surface area contributed by atoms with Gasteiger partial charge in [0, 0.05) is 19.6 Å². The number of piperidine rings is 1. The monoisotopic (exact) mass is 434 g/mol. The highest BCUT2D eigenvalue weighted by molar-refractivity contribution is 5.80. The number of rotatable bonds is 20. The van der Waals surface area contributed by atoms with Crippen molar-refractivity contribution in [2.24, 2.45) is 0 Å². The highest BCUT2D eigenvalue weighted by atomic mass is 16.6. The maximum absolute atomic E-state index is 11.3. The molecule has 0 spiro atoms. The number of carboxylic acid groups (broad SMARTS) is 1. The molecule has 1 aliphatic rings. The Kier molecular flexibility index (Phi) is 17.5. The first kappa shape index (κ1) is 26.7. The molecule has 176 valence electrons. The van der Waals surface area contributed by atoms with E-state index in [1.807, 2.05) is 0 Å². The van der Waals surface area contributed by atoms with E-state index in [2.05, 4.69) is 10.6 Å². The van der Waals surface area contributed by atoms with Crippen LogP contribution in [0.5, 0.6) is 0 Å². The molecule has 10 heteroatoms. The Labute approximate surface area is 178 Å². The van der Waals surface area contributed by atoms with Crippen LogP contribution in [0, 0.1) is 0 Å². The molecule has 3 N–H and O–H groups in total. The summed E-state index contributed by atoms with van der Waals surface area (Å²) in [6, 6.07) is 0. The van der Waals surface area contributed by atoms with Crippen molar-refractivity contribution in [3.8, 4) is 0 Å². The Balaban J connectivity index is 1.69. The molecule has 0 aromatic carbocycles. The fraction of sp³-hybridized carbons (Fsp3) is 0.900. The van der Waals surface area contributed by atoms with Gasteiger partial charge in [-0.1, -0.05) is 0 Å². The van der Waals surface area contributed by atoms with Crippen molar-refractivity contribution in [2.75, 3.05) is 79.1 Å². The molecule has 10 nitrogen and oxygen atoms in total. The van der Waals surface area contributed by atoms with Gasteiger partial charge in [-0.15, -0.1) is 0 Å². The lowest BCUT2D eigenvalue weighted by Gasteiger charge is -2.22. The summed E-state index contributed by atoms with van der Waals surface area (Å²) in [4.78, 5) is 21.6. The molecule has 0 unspecified atom stereocenters. The van der Waals surface area contributed by atoms with Gasteiger partial charge in [-0.05, 0) is 32.4 Å². The van der Waals surface area contributed by atoms with E-state index in [0.29, 0.717) is 78.5 Å². The molecule has 0 aromatic rings. The summed E-state index contributed by atoms with van der Waals surface area (Å²) in [5.41, 5.74) is 0. The van der Waals surface area contributed by atoms with Crippen LogP contribution in [0.25, 0.3) is 0 Å². The van der Waals surface area contributed by atoms with Crippen molar-refractivity contribution in [3.63, 3.8) is 0 Å². The predicted octanol–water partition coefficient (Wildman–Crippen LogP) is 0.193. The number of aliphatic carboxylic acids is 1. The zero-order valence-corrected chi connectivity index (χ0v) is 17.9. The maximum Gasteiger partial charge on any atom is 0.303 e. The lowest BCUT2D eigenvalue weighted by molar-refractivity contribution is -0.138. The standard InChI is InChI=1S/C20H38N2O8/c23-19(2-3-20(24)25)22-6-1-9-26-10-11-27-12-13-28-14-15-29-16-17-30-18-4-7-21-8-5-18/h18,21H,1-17H2,(H,22,23)(H,24,25). The van der Waals surface area contributed by atoms with E-state index < -0.39 is 5.97 Å². The fourth-order valence-electron chi connectivity index (χ4n) is 2.71. The summed E-state index contributed by atoms with van der Waals surface area (Å²) in [5, 5.41) is 14.4. The third kappa shape index (κ3) is 17.5. The van der Waals surface area contributed by atoms with Gasteiger partial charge in [-0.3, -0.25) is 9.59 Å². The van der Waals surface area contributed by atoms with Gasteiger partial charge in [0.05, 0.1) is 65.4 Å². The van der Waals surface area contributed by atoms with Gasteiger partial charge in [0.1, 0.15) is 0 Å². The zero-order chi connectivity index (χ0) is 21.7. The molecule has 1 saturated heterocycles. The van der Waals surface area contributed by atoms with Crippen LogP contribution in [0.3, 0.4) is 0 Å². The summed E-state index contributed by atoms with van der Waals surface area (Å²) in [6.45, 7) is 7.33. The Morgan fingerprint density at radius 1 is 0.800 bits per heavy atom. The second kappa shape index (κ2) is 19.7. The topological polar surface area (TPSA) is 125 Å². The first-order chi connectivity index (χ1) is 14.7. The summed E-state index contributed by atoms with van der Waals surface area (Å²) < 4.78 is 27.5. The number of hydrogen-bond donors (Lipinski definition) is 3. The third-order valence-electron chi connectivity index (χ3n) is 4.34. The number of nitrogens with one attached hydrogen (secondary N) is 2. The van der Waals surface area contributed by atoms with Crippen LogP contribution in [-0.2, 0) is 33.3 Å². The molecule has 1 heterocycles. The minimum Gasteiger partial charge on any atom is -0.481 e. The number of amides is 1. The molecule has 0 saturated carbocycles. The van der Waals surface area contributed by atoms with Crippen molar-refractivity contribution >= 4 is 11.9 Å². The highest BCUT2D eigenvalue weighted by Gasteiger charge is 2.12. The molecule has 1 rings (SSSR count). The van der Waals surface area contributed by atoms with Gasteiger partial charge >= 0.3 is 5.97 Å². The lowest BCUT2D eigenvalue weighted by atomic mass is 10.1. The second-order valence-corrected chi connectivity index (χ2v) is 6.87. The minimum atomic E-state index is -0.972. The van der Waals surface area contributed by atoms with Crippen LogP contribution in [0.4, 0.5) is 0 Å². The van der Waals surface area contributed by atoms with Gasteiger partial charge in [-0.25, -0.2) is 0 Å². The normalized spacial score (nSPS) is 14.7. The van der Waals surface area contributed by atoms with Crippen LogP contribution >= 0.6 is 0 Å². The zero-order valence-electron chi connectivity index (χ0n) is 17.9. The quantitative estimate of drug-likeness (QED) is 0.230. The Morgan fingerprint density at radius 2 is 1.33 bits per heavy atom. The summed E-state index contributed by atoms with van der Waals surface area (Å²) in [6.07, 6.45) is 3.04. The Bertz CT molecular complexity index is 433. The van der Waals surface area contributed by atoms with Crippen LogP contribution in [-0.4, -0.2) is 102 Å². The second-order valence-electron chi connectivity index (χ2n) is 6.87. The smallest absolute Gasteiger partial charge is 0.303 e. The lowest BCUT2D eigenvalue weighted by Crippen LogP contribution is -2.33. The van der Waals surface area contributed by atoms with Gasteiger partial charge in [0.15, 0.2) is 0 Å². The van der Waals surface area contributed by atoms with Gasteiger partial charge < -0.3 is 39.4 Å². The van der Waals surface area contributed by atoms with Crippen LogP contribution in [0.15, 0.2) is 0 Å². The van der Waals surface area contributed by atoms with Crippen molar-refractivity contribution in [2.45, 2.75) is 38.2 Å². The SMILES string of the molecule is O=C(O)CCC(=O)NCCCOCCOCCOCCOCCOC1CCNCC1. The molecule has 0 aliphatic carbocycles. The van der Waals surface area contributed by atoms with Crippen LogP contribution in [0.1, 0.15) is 32.1 Å². The molecule has 0 atom stereocenters. The number of carboxylic acids is 1. The van der Waals surface area contributed by atoms with E-state index in [9.17, 15) is 9.59 Å². The largest absolute Gasteiger partial charge is 0.481 e. The van der Waals surface area contributed by atoms with E-state index >= 15 is 0 Å². The van der Waals surface area contributed by atoms with E-state index in [1.54, 1.807) is 0 Å². The van der Waals surface area contributed by atoms with Crippen molar-refractivity contribution in [1.29, 1.82) is 0 Å². The Hall–Kier alpha value is -1.30. The number of carbonyl (C=O) groups is 2. The molecule has 1 amide bonds. The fourth-order valence-corrected chi connectivity index (χ4v) is 2.71. The van der Waals surface area contributed by atoms with Crippen LogP contribution < -0.4 is 10.6 Å². The third-order valence-corrected chi connectivity index (χ3v) is 4.34. The van der Waals surface area contributed by atoms with Crippen molar-refractivity contribution < 1.29 is 38.4 Å². The van der Waals surface area contributed by atoms with E-state index in [1.165, 1.54) is 0 Å². The number of hydrogen-bond acceptors (Lipinski definition) is 8. The first-order valence-electron chi connectivity index (χ1n) is 10.8. The average Bonchev–Trinajstić information content (AvgIpc) is 2.75. The molecular weight excluding hydrogens is 396 g/mol. The number of carbonyl (C=O) groups excluding carboxylic acids is 1. The highest BCUT2D eigenvalue weighted by Crippen LogP contribution is 2.06.